The van der Waals surface area contributed by atoms with Gasteiger partial charge in [-0.15, -0.1) is 0 Å². The van der Waals surface area contributed by atoms with E-state index in [1.54, 1.807) is 0 Å². The molecule has 0 aliphatic carbocycles. The highest BCUT2D eigenvalue weighted by molar-refractivity contribution is 7.87. The monoisotopic (exact) mass is 718 g/mol. The van der Waals surface area contributed by atoms with Crippen LogP contribution in [0.25, 0.3) is 0 Å². The van der Waals surface area contributed by atoms with Crippen molar-refractivity contribution in [3.63, 3.8) is 0 Å². The van der Waals surface area contributed by atoms with Gasteiger partial charge in [0.25, 0.3) is 0 Å². The first-order valence-corrected chi connectivity index (χ1v) is 9.73. The van der Waals surface area contributed by atoms with Crippen molar-refractivity contribution < 1.29 is 127 Å². The fraction of sp³-hybridized carbons (Fsp3) is 1.00. The molecule has 0 rings (SSSR count). The molecule has 0 aliphatic heterocycles. The van der Waals surface area contributed by atoms with E-state index in [-0.39, 0.29) is 0 Å². The van der Waals surface area contributed by atoms with E-state index in [0.717, 1.165) is 4.18 Å². The highest BCUT2D eigenvalue weighted by Gasteiger charge is 2.99. The van der Waals surface area contributed by atoms with E-state index < -0.39 is 81.2 Å². The smallest absolute Gasteiger partial charge is 0.192 e. The maximum absolute atomic E-state index is 13.5. The average molecular weight is 718 g/mol. The van der Waals surface area contributed by atoms with Gasteiger partial charge in [-0.05, 0) is 0 Å². The molecule has 0 saturated carbocycles. The maximum Gasteiger partial charge on any atom is 0.523 e. The lowest BCUT2D eigenvalue weighted by molar-refractivity contribution is -0.483. The molecule has 0 fully saturated rings. The van der Waals surface area contributed by atoms with Gasteiger partial charge in [-0.3, -0.25) is 0 Å². The predicted octanol–water partition coefficient (Wildman–Crippen LogP) is 7.73. The van der Waals surface area contributed by atoms with E-state index >= 15 is 0 Å². The fourth-order valence-electron chi connectivity index (χ4n) is 1.98. The Bertz CT molecular complexity index is 1110. The summed E-state index contributed by atoms with van der Waals surface area (Å²) in [6.45, 7) is 0. The molecule has 0 amide bonds. The molecule has 30 heteroatoms. The molecule has 0 aromatic rings. The van der Waals surface area contributed by atoms with Crippen LogP contribution in [0.15, 0.2) is 0 Å². The third-order valence-electron chi connectivity index (χ3n) is 4.37. The molecule has 0 aromatic heterocycles. The summed E-state index contributed by atoms with van der Waals surface area (Å²) in [5.41, 5.74) is -7.40. The molecule has 0 atom stereocenters. The Kier molecular flexibility index (Phi) is 9.11. The van der Waals surface area contributed by atoms with Crippen LogP contribution >= 0.6 is 0 Å². The van der Waals surface area contributed by atoms with Crippen LogP contribution in [0.4, 0.5) is 114 Å². The van der Waals surface area contributed by atoms with Crippen LogP contribution in [-0.2, 0) is 14.3 Å². The topological polar surface area (TPSA) is 43.4 Å². The molecule has 0 N–H and O–H groups in total. The number of halogens is 26. The van der Waals surface area contributed by atoms with E-state index in [0.29, 0.717) is 0 Å². The van der Waals surface area contributed by atoms with Crippen LogP contribution < -0.4 is 0 Å². The SMILES string of the molecule is O=S(=O)(OC(F)(F)C(F)(F)C(F)(F)C(F)(F)C(F)(F)C(F)(F)C(F)(F)C(F)(F)C(F)(F)C(F)(F)C(F)(F)F)C(F)(F)F. The first-order chi connectivity index (χ1) is 17.5. The third kappa shape index (κ3) is 4.93. The molecule has 42 heavy (non-hydrogen) atoms. The number of rotatable bonds is 11. The van der Waals surface area contributed by atoms with E-state index in [2.05, 4.69) is 0 Å². The summed E-state index contributed by atoms with van der Waals surface area (Å²) in [6, 6.07) is 0. The molecule has 0 bridgehead atoms. The zero-order valence-corrected chi connectivity index (χ0v) is 18.3. The Morgan fingerprint density at radius 2 is 0.500 bits per heavy atom. The summed E-state index contributed by atoms with van der Waals surface area (Å²) < 4.78 is 358. The Morgan fingerprint density at radius 3 is 0.690 bits per heavy atom. The van der Waals surface area contributed by atoms with Crippen molar-refractivity contribution in [2.45, 2.75) is 71.1 Å². The minimum absolute atomic E-state index is 1.13. The van der Waals surface area contributed by atoms with E-state index in [1.807, 2.05) is 0 Å². The van der Waals surface area contributed by atoms with Gasteiger partial charge in [-0.25, -0.2) is 0 Å². The van der Waals surface area contributed by atoms with Gasteiger partial charge in [0.15, 0.2) is 0 Å². The quantitative estimate of drug-likeness (QED) is 0.125. The van der Waals surface area contributed by atoms with E-state index in [1.165, 1.54) is 0 Å². The second kappa shape index (κ2) is 9.54. The molecular formula is C12F26O3S. The molecule has 0 unspecified atom stereocenters. The fourth-order valence-corrected chi connectivity index (χ4v) is 2.45. The van der Waals surface area contributed by atoms with Crippen LogP contribution in [-0.4, -0.2) is 79.5 Å². The molecular weight excluding hydrogens is 718 g/mol. The first kappa shape index (κ1) is 40.1. The summed E-state index contributed by atoms with van der Waals surface area (Å²) >= 11 is 0. The summed E-state index contributed by atoms with van der Waals surface area (Å²) in [6.07, 6.45) is -16.7. The van der Waals surface area contributed by atoms with Crippen molar-refractivity contribution in [1.29, 1.82) is 0 Å². The van der Waals surface area contributed by atoms with E-state index in [9.17, 15) is 123 Å². The summed E-state index contributed by atoms with van der Waals surface area (Å²) in [5, 5.41) is 0. The Morgan fingerprint density at radius 1 is 0.310 bits per heavy atom. The maximum atomic E-state index is 13.5. The Balaban J connectivity index is 7.29. The van der Waals surface area contributed by atoms with Gasteiger partial charge >= 0.3 is 81.2 Å². The van der Waals surface area contributed by atoms with Gasteiger partial charge in [0.05, 0.1) is 0 Å². The predicted molar refractivity (Wildman–Crippen MR) is 71.6 cm³/mol. The lowest BCUT2D eigenvalue weighted by atomic mass is 9.86. The molecule has 254 valence electrons. The second-order valence-electron chi connectivity index (χ2n) is 7.17. The normalized spacial score (nSPS) is 17.1. The van der Waals surface area contributed by atoms with Crippen molar-refractivity contribution in [1.82, 2.24) is 0 Å². The minimum Gasteiger partial charge on any atom is -0.192 e. The van der Waals surface area contributed by atoms with Crippen LogP contribution in [0.1, 0.15) is 0 Å². The first-order valence-electron chi connectivity index (χ1n) is 8.32. The van der Waals surface area contributed by atoms with Crippen LogP contribution in [0.3, 0.4) is 0 Å². The van der Waals surface area contributed by atoms with Crippen molar-refractivity contribution in [3.05, 3.63) is 0 Å². The largest absolute Gasteiger partial charge is 0.523 e. The lowest BCUT2D eigenvalue weighted by Gasteiger charge is -2.44. The highest BCUT2D eigenvalue weighted by Crippen LogP contribution is 2.67. The van der Waals surface area contributed by atoms with Crippen LogP contribution in [0.5, 0.6) is 0 Å². The van der Waals surface area contributed by atoms with E-state index in [4.69, 9.17) is 0 Å². The summed E-state index contributed by atoms with van der Waals surface area (Å²) in [5.74, 6) is -84.6. The number of hydrogen-bond acceptors (Lipinski definition) is 3. The highest BCUT2D eigenvalue weighted by atomic mass is 32.2. The minimum atomic E-state index is -9.72. The van der Waals surface area contributed by atoms with Crippen molar-refractivity contribution in [2.75, 3.05) is 0 Å². The number of alkyl halides is 26. The Labute approximate surface area is 209 Å². The standard InChI is InChI=1S/C12F26O3S/c13-1(14,2(15,16)4(19,20)6(23,24)8(27,28)10(31,32)33)3(17,18)5(21,22)7(25,26)9(29,30)11(34,35)41-42(39,40)12(36,37)38. The van der Waals surface area contributed by atoms with Gasteiger partial charge in [-0.2, -0.15) is 127 Å². The zero-order chi connectivity index (χ0) is 35.2. The molecule has 0 radical (unpaired) electrons. The summed E-state index contributed by atoms with van der Waals surface area (Å²) in [7, 11) is -8.40. The van der Waals surface area contributed by atoms with Crippen LogP contribution in [0, 0.1) is 0 Å². The summed E-state index contributed by atoms with van der Waals surface area (Å²) in [4.78, 5) is 0. The van der Waals surface area contributed by atoms with Gasteiger partial charge in [0.1, 0.15) is 0 Å². The van der Waals surface area contributed by atoms with Crippen molar-refractivity contribution >= 4 is 10.1 Å². The third-order valence-corrected chi connectivity index (χ3v) is 5.37. The molecule has 0 saturated heterocycles. The van der Waals surface area contributed by atoms with Crippen molar-refractivity contribution in [2.24, 2.45) is 0 Å². The average Bonchev–Trinajstić information content (AvgIpc) is 2.69. The van der Waals surface area contributed by atoms with Gasteiger partial charge in [-0.1, -0.05) is 0 Å². The van der Waals surface area contributed by atoms with Gasteiger partial charge in [0.2, 0.25) is 0 Å². The molecule has 3 nitrogen and oxygen atoms in total. The second-order valence-corrected chi connectivity index (χ2v) is 8.71. The molecule has 0 aromatic carbocycles. The molecule has 0 spiro atoms. The molecule has 0 aliphatic rings. The zero-order valence-electron chi connectivity index (χ0n) is 17.5. The molecule has 0 heterocycles. The van der Waals surface area contributed by atoms with Crippen molar-refractivity contribution in [3.8, 4) is 0 Å². The van der Waals surface area contributed by atoms with Gasteiger partial charge in [0, 0.05) is 0 Å². The van der Waals surface area contributed by atoms with Gasteiger partial charge < -0.3 is 0 Å². The number of hydrogen-bond donors (Lipinski definition) is 0. The lowest BCUT2D eigenvalue weighted by Crippen LogP contribution is -2.77. The van der Waals surface area contributed by atoms with Crippen LogP contribution in [0.2, 0.25) is 0 Å². The Hall–Kier alpha value is -1.91.